The van der Waals surface area contributed by atoms with Gasteiger partial charge in [-0.15, -0.1) is 0 Å². The SMILES string of the molecule is C.CC(=O)OOC(C)=O.CC(=O)[O-].COc1nc(/C(N)=N/O)ccc1Br.COc1nc(/C(N)=N/OCC(=O)CC2CC2)ccc1Br.COc1nc(C2=NC(CC3CC3)CON2)ccc1Br.CP=S.O=C(CBr)CC1CC1.[B].[Na+]. The number of ketones is 2. The van der Waals surface area contributed by atoms with Crippen molar-refractivity contribution in [2.75, 3.05) is 46.5 Å². The minimum atomic E-state index is -1.08. The van der Waals surface area contributed by atoms with Gasteiger partial charge in [-0.1, -0.05) is 58.3 Å². The van der Waals surface area contributed by atoms with E-state index in [0.717, 1.165) is 80.3 Å². The zero-order valence-electron chi connectivity index (χ0n) is 43.8. The molecule has 0 aromatic carbocycles. The molecule has 4 heterocycles. The van der Waals surface area contributed by atoms with E-state index in [-0.39, 0.29) is 75.5 Å². The molecule has 4 aliphatic rings. The summed E-state index contributed by atoms with van der Waals surface area (Å²) in [5, 5.41) is 24.4. The van der Waals surface area contributed by atoms with Gasteiger partial charge < -0.3 is 45.6 Å². The molecule has 1 atom stereocenters. The summed E-state index contributed by atoms with van der Waals surface area (Å²) in [6.45, 7) is 5.75. The van der Waals surface area contributed by atoms with E-state index in [1.807, 2.05) is 18.8 Å². The summed E-state index contributed by atoms with van der Waals surface area (Å²) in [4.78, 5) is 85.9. The molecule has 31 heteroatoms. The van der Waals surface area contributed by atoms with Crippen molar-refractivity contribution in [2.45, 2.75) is 92.0 Å². The number of carbonyl (C=O) groups excluding carboxylic acids is 5. The molecular formula is C47H65BBr4N9NaO14PS. The number of rotatable bonds is 16. The number of ether oxygens (including phenoxy) is 3. The maximum atomic E-state index is 11.5. The summed E-state index contributed by atoms with van der Waals surface area (Å²) in [6.07, 6.45) is 9.99. The molecular weight excluding hydrogens is 1330 g/mol. The number of nitrogens with two attached hydrogens (primary N) is 2. The van der Waals surface area contributed by atoms with Gasteiger partial charge in [-0.3, -0.25) is 19.4 Å². The molecule has 425 valence electrons. The molecule has 3 fully saturated rings. The molecule has 23 nitrogen and oxygen atoms in total. The van der Waals surface area contributed by atoms with Crippen LogP contribution in [-0.4, -0.2) is 128 Å². The number of nitrogens with one attached hydrogen (secondary N) is 1. The standard InChI is InChI=1S/C13H16BrN3O3.C13H16BrN3O2.C7H8BrN3O2.C6H9BrO.C4H6O4.C2H4O2.CH3PS.CH4.B.Na/c1-19-13-10(14)4-5-11(16-13)12(15)17-20-7-9(18)6-8-2-3-8;1-18-13-10(14)4-5-11(16-13)12-15-9(7-19-17-12)6-8-2-3-8;1-13-7-4(8)2-3-5(10-7)6(9)11-12;7-4-6(8)3-5-1-2-5;1-3(5)7-8-4(2)6;1-2(3)4;1-2-3;;;/h4-5,8H,2-3,6-7H2,1H3,(H2,15,17);4-5,8-9H,2-3,6-7H2,1H3,(H,15,17);2-3,12H,1H3,(H2,9,11);5H,1-4H2;1-2H3;1H3,(H,3,4);1H3;1H4;;/q;;;;;;;;;+1/p-1. The van der Waals surface area contributed by atoms with Gasteiger partial charge in [0.05, 0.1) is 52.7 Å². The van der Waals surface area contributed by atoms with Gasteiger partial charge in [0.1, 0.15) is 22.9 Å². The van der Waals surface area contributed by atoms with Crippen LogP contribution in [-0.2, 0) is 55.2 Å². The summed E-state index contributed by atoms with van der Waals surface area (Å²) in [7, 11) is 5.60. The first kappa shape index (κ1) is 78.3. The van der Waals surface area contributed by atoms with Crippen molar-refractivity contribution in [3.05, 3.63) is 66.9 Å². The summed E-state index contributed by atoms with van der Waals surface area (Å²) < 4.78 is 17.4. The topological polar surface area (TPSA) is 333 Å². The number of carbonyl (C=O) groups is 5. The van der Waals surface area contributed by atoms with Crippen molar-refractivity contribution in [3.8, 4) is 17.6 Å². The fourth-order valence-corrected chi connectivity index (χ4v) is 6.71. The Hall–Kier alpha value is -3.93. The van der Waals surface area contributed by atoms with Crippen LogP contribution in [0.3, 0.4) is 0 Å². The van der Waals surface area contributed by atoms with Crippen LogP contribution in [0.25, 0.3) is 0 Å². The largest absolute Gasteiger partial charge is 1.00 e. The number of amidine groups is 3. The van der Waals surface area contributed by atoms with Crippen LogP contribution in [0.1, 0.15) is 103 Å². The summed E-state index contributed by atoms with van der Waals surface area (Å²) in [5.74, 6) is 2.26. The number of hydrogen-bond donors (Lipinski definition) is 4. The molecule has 0 saturated heterocycles. The van der Waals surface area contributed by atoms with Crippen molar-refractivity contribution in [1.29, 1.82) is 0 Å². The fourth-order valence-electron chi connectivity index (χ4n) is 5.34. The third-order valence-electron chi connectivity index (χ3n) is 9.20. The number of alkyl halides is 1. The van der Waals surface area contributed by atoms with Gasteiger partial charge in [0.25, 0.3) is 0 Å². The van der Waals surface area contributed by atoms with Gasteiger partial charge >= 0.3 is 41.5 Å². The first-order chi connectivity index (χ1) is 35.6. The molecule has 7 rings (SSSR count). The summed E-state index contributed by atoms with van der Waals surface area (Å²) in [5.41, 5.74) is 15.5. The van der Waals surface area contributed by atoms with Gasteiger partial charge in [0, 0.05) is 41.1 Å². The van der Waals surface area contributed by atoms with E-state index in [4.69, 9.17) is 50.5 Å². The Kier molecular flexibility index (Phi) is 45.0. The quantitative estimate of drug-likeness (QED) is 0.0231. The Labute approximate surface area is 519 Å². The molecule has 0 bridgehead atoms. The average molecular weight is 1400 g/mol. The number of aliphatic carboxylic acids is 1. The Balaban J connectivity index is -0.000000900. The molecule has 6 N–H and O–H groups in total. The maximum Gasteiger partial charge on any atom is 1.00 e. The number of carboxylic acid groups (broad SMARTS) is 1. The van der Waals surface area contributed by atoms with Gasteiger partial charge in [-0.2, -0.15) is 0 Å². The van der Waals surface area contributed by atoms with Crippen LogP contribution >= 0.6 is 71.1 Å². The molecule has 0 spiro atoms. The second-order valence-corrected chi connectivity index (χ2v) is 20.4. The number of Topliss-reactive ketones (excluding diaryl/α,β-unsaturated/α-hetero) is 2. The molecule has 3 aliphatic carbocycles. The molecule has 3 aromatic rings. The van der Waals surface area contributed by atoms with Crippen LogP contribution in [0.5, 0.6) is 17.6 Å². The van der Waals surface area contributed by atoms with Crippen LogP contribution in [0.2, 0.25) is 0 Å². The van der Waals surface area contributed by atoms with E-state index in [1.54, 1.807) is 31.4 Å². The van der Waals surface area contributed by atoms with E-state index in [0.29, 0.717) is 69.4 Å². The number of oxime groups is 2. The van der Waals surface area contributed by atoms with Crippen molar-refractivity contribution in [1.82, 2.24) is 20.4 Å². The average Bonchev–Trinajstić information content (AvgIpc) is 4.24. The number of aliphatic imine (C=N–C) groups is 1. The third kappa shape index (κ3) is 37.1. The fraction of sp³-hybridized carbons (Fsp3) is 0.511. The Morgan fingerprint density at radius 2 is 1.18 bits per heavy atom. The first-order valence-electron chi connectivity index (χ1n) is 22.5. The minimum absolute atomic E-state index is 0. The van der Waals surface area contributed by atoms with Gasteiger partial charge in [-0.25, -0.2) is 39.8 Å². The Bertz CT molecular complexity index is 2420. The third-order valence-corrected chi connectivity index (χ3v) is 11.6. The van der Waals surface area contributed by atoms with Gasteiger partial charge in [0.2, 0.25) is 17.6 Å². The molecule has 78 heavy (non-hydrogen) atoms. The number of nitrogens with zero attached hydrogens (tertiary/aromatic N) is 6. The first-order valence-corrected chi connectivity index (χ1v) is 28.4. The Morgan fingerprint density at radius 3 is 1.58 bits per heavy atom. The van der Waals surface area contributed by atoms with E-state index in [2.05, 4.69) is 121 Å². The number of hydroxylamine groups is 1. The number of pyridine rings is 3. The molecule has 3 aromatic heterocycles. The second kappa shape index (κ2) is 44.8. The predicted octanol–water partition coefficient (Wildman–Crippen LogP) is 3.93. The monoisotopic (exact) mass is 1390 g/mol. The van der Waals surface area contributed by atoms with E-state index in [1.165, 1.54) is 39.9 Å². The van der Waals surface area contributed by atoms with E-state index < -0.39 is 17.9 Å². The van der Waals surface area contributed by atoms with Crippen molar-refractivity contribution in [2.24, 2.45) is 44.5 Å². The molecule has 1 aliphatic heterocycles. The summed E-state index contributed by atoms with van der Waals surface area (Å²) >= 11 is 17.4. The van der Waals surface area contributed by atoms with E-state index >= 15 is 0 Å². The van der Waals surface area contributed by atoms with Crippen molar-refractivity contribution >= 4 is 138 Å². The van der Waals surface area contributed by atoms with Crippen LogP contribution in [0.15, 0.2) is 65.1 Å². The molecule has 3 saturated carbocycles. The second-order valence-electron chi connectivity index (χ2n) is 15.9. The predicted molar refractivity (Wildman–Crippen MR) is 307 cm³/mol. The van der Waals surface area contributed by atoms with Crippen LogP contribution < -0.4 is 65.8 Å². The minimum Gasteiger partial charge on any atom is -0.550 e. The smallest absolute Gasteiger partial charge is 0.550 e. The molecule has 1 unspecified atom stereocenters. The number of aromatic nitrogens is 3. The van der Waals surface area contributed by atoms with E-state index in [9.17, 15) is 19.2 Å². The number of carboxylic acids is 1. The van der Waals surface area contributed by atoms with Gasteiger partial charge in [0.15, 0.2) is 29.9 Å². The number of methoxy groups -OCH3 is 3. The summed E-state index contributed by atoms with van der Waals surface area (Å²) in [6, 6.07) is 10.8. The van der Waals surface area contributed by atoms with Crippen molar-refractivity contribution < 1.29 is 97.5 Å². The Morgan fingerprint density at radius 1 is 0.769 bits per heavy atom. The maximum absolute atomic E-state index is 11.5. The normalized spacial score (nSPS) is 14.6. The van der Waals surface area contributed by atoms with Crippen LogP contribution in [0.4, 0.5) is 0 Å². The zero-order chi connectivity index (χ0) is 56.5. The number of hydrogen-bond acceptors (Lipinski definition) is 22. The van der Waals surface area contributed by atoms with Crippen molar-refractivity contribution in [3.63, 3.8) is 0 Å². The van der Waals surface area contributed by atoms with Crippen LogP contribution in [0, 0.1) is 17.8 Å². The zero-order valence-corrected chi connectivity index (χ0v) is 53.9. The van der Waals surface area contributed by atoms with Gasteiger partial charge in [-0.05, 0) is 155 Å². The molecule has 0 amide bonds. The number of halogens is 4. The molecule has 3 radical (unpaired) electrons.